The first kappa shape index (κ1) is 17.2. The Morgan fingerprint density at radius 2 is 1.90 bits per heavy atom. The topological polar surface area (TPSA) is 84.5 Å². The third-order valence-corrected chi connectivity index (χ3v) is 3.93. The summed E-state index contributed by atoms with van der Waals surface area (Å²) >= 11 is 0. The van der Waals surface area contributed by atoms with Gasteiger partial charge in [0, 0.05) is 12.1 Å². The van der Waals surface area contributed by atoms with Gasteiger partial charge in [-0.25, -0.2) is 13.1 Å². The van der Waals surface area contributed by atoms with Crippen LogP contribution in [0.25, 0.3) is 0 Å². The summed E-state index contributed by atoms with van der Waals surface area (Å²) < 4.78 is 30.0. The van der Waals surface area contributed by atoms with E-state index in [9.17, 15) is 13.2 Å². The van der Waals surface area contributed by atoms with Crippen LogP contribution in [0.15, 0.2) is 36.4 Å². The Bertz CT molecular complexity index is 594. The largest absolute Gasteiger partial charge is 0.489 e. The maximum atomic E-state index is 11.8. The highest BCUT2D eigenvalue weighted by Gasteiger charge is 2.09. The molecule has 0 aliphatic carbocycles. The maximum Gasteiger partial charge on any atom is 0.251 e. The zero-order chi connectivity index (χ0) is 15.9. The average Bonchev–Trinajstić information content (AvgIpc) is 2.45. The van der Waals surface area contributed by atoms with E-state index in [4.69, 9.17) is 4.74 Å². The van der Waals surface area contributed by atoms with Gasteiger partial charge in [0.25, 0.3) is 5.91 Å². The molecule has 7 heteroatoms. The summed E-state index contributed by atoms with van der Waals surface area (Å²) in [6.07, 6.45) is 0. The van der Waals surface area contributed by atoms with Crippen LogP contribution in [0.2, 0.25) is 0 Å². The molecule has 0 unspecified atom stereocenters. The van der Waals surface area contributed by atoms with Crippen molar-refractivity contribution in [2.24, 2.45) is 0 Å². The van der Waals surface area contributed by atoms with Crippen molar-refractivity contribution < 1.29 is 17.9 Å². The Kier molecular flexibility index (Phi) is 6.39. The molecule has 1 aromatic carbocycles. The number of rotatable bonds is 8. The zero-order valence-corrected chi connectivity index (χ0v) is 13.0. The molecule has 0 aromatic heterocycles. The third kappa shape index (κ3) is 6.42. The van der Waals surface area contributed by atoms with Gasteiger partial charge in [-0.3, -0.25) is 4.79 Å². The first-order valence-corrected chi connectivity index (χ1v) is 8.06. The van der Waals surface area contributed by atoms with E-state index in [2.05, 4.69) is 16.6 Å². The number of sulfonamides is 1. The molecule has 0 radical (unpaired) electrons. The lowest BCUT2D eigenvalue weighted by Gasteiger charge is -2.08. The van der Waals surface area contributed by atoms with Gasteiger partial charge in [0.15, 0.2) is 0 Å². The Balaban J connectivity index is 2.50. The van der Waals surface area contributed by atoms with E-state index in [-0.39, 0.29) is 18.2 Å². The molecule has 0 aliphatic heterocycles. The molecule has 0 fully saturated rings. The van der Waals surface area contributed by atoms with Crippen molar-refractivity contribution in [1.29, 1.82) is 0 Å². The van der Waals surface area contributed by atoms with Crippen LogP contribution < -0.4 is 14.8 Å². The smallest absolute Gasteiger partial charge is 0.251 e. The first-order valence-electron chi connectivity index (χ1n) is 6.41. The Hall–Kier alpha value is -1.86. The second-order valence-electron chi connectivity index (χ2n) is 4.55. The van der Waals surface area contributed by atoms with Crippen LogP contribution in [0.3, 0.4) is 0 Å². The highest BCUT2D eigenvalue weighted by atomic mass is 32.2. The van der Waals surface area contributed by atoms with Gasteiger partial charge < -0.3 is 10.1 Å². The van der Waals surface area contributed by atoms with Crippen molar-refractivity contribution in [2.75, 3.05) is 26.0 Å². The Morgan fingerprint density at radius 3 is 2.43 bits per heavy atom. The SMILES string of the molecule is C=C(C)COc1ccc(C(=O)NCCS(=O)(=O)NC)cc1. The lowest BCUT2D eigenvalue weighted by atomic mass is 10.2. The molecular formula is C14H20N2O4S. The minimum atomic E-state index is -3.31. The molecule has 1 aromatic rings. The van der Waals surface area contributed by atoms with Gasteiger partial charge in [0.2, 0.25) is 10.0 Å². The predicted molar refractivity (Wildman–Crippen MR) is 81.9 cm³/mol. The maximum absolute atomic E-state index is 11.8. The third-order valence-electron chi connectivity index (χ3n) is 2.57. The molecule has 0 atom stereocenters. The van der Waals surface area contributed by atoms with Crippen molar-refractivity contribution >= 4 is 15.9 Å². The molecule has 0 bridgehead atoms. The van der Waals surface area contributed by atoms with Crippen LogP contribution in [0.1, 0.15) is 17.3 Å². The zero-order valence-electron chi connectivity index (χ0n) is 12.2. The van der Waals surface area contributed by atoms with E-state index < -0.39 is 10.0 Å². The Labute approximate surface area is 125 Å². The number of carbonyl (C=O) groups is 1. The van der Waals surface area contributed by atoms with Crippen molar-refractivity contribution in [3.63, 3.8) is 0 Å². The molecule has 116 valence electrons. The van der Waals surface area contributed by atoms with E-state index in [0.29, 0.717) is 17.9 Å². The van der Waals surface area contributed by atoms with Crippen LogP contribution in [-0.2, 0) is 10.0 Å². The van der Waals surface area contributed by atoms with Gasteiger partial charge in [-0.05, 0) is 43.8 Å². The lowest BCUT2D eigenvalue weighted by molar-refractivity contribution is 0.0956. The number of nitrogens with one attached hydrogen (secondary N) is 2. The number of ether oxygens (including phenoxy) is 1. The summed E-state index contributed by atoms with van der Waals surface area (Å²) in [5.74, 6) is 0.162. The molecular weight excluding hydrogens is 292 g/mol. The van der Waals surface area contributed by atoms with Crippen LogP contribution in [0.5, 0.6) is 5.75 Å². The molecule has 0 aliphatic rings. The van der Waals surface area contributed by atoms with Gasteiger partial charge in [-0.15, -0.1) is 0 Å². The normalized spacial score (nSPS) is 11.0. The lowest BCUT2D eigenvalue weighted by Crippen LogP contribution is -2.32. The molecule has 6 nitrogen and oxygen atoms in total. The summed E-state index contributed by atoms with van der Waals surface area (Å²) in [5.41, 5.74) is 1.35. The van der Waals surface area contributed by atoms with Crippen molar-refractivity contribution in [1.82, 2.24) is 10.0 Å². The second-order valence-corrected chi connectivity index (χ2v) is 6.60. The molecule has 0 spiro atoms. The highest BCUT2D eigenvalue weighted by Crippen LogP contribution is 2.12. The minimum Gasteiger partial charge on any atom is -0.489 e. The van der Waals surface area contributed by atoms with Crippen LogP contribution >= 0.6 is 0 Å². The number of hydrogen-bond donors (Lipinski definition) is 2. The summed E-state index contributed by atoms with van der Waals surface area (Å²) in [6, 6.07) is 6.61. The van der Waals surface area contributed by atoms with Crippen molar-refractivity contribution in [2.45, 2.75) is 6.92 Å². The van der Waals surface area contributed by atoms with Gasteiger partial charge >= 0.3 is 0 Å². The van der Waals surface area contributed by atoms with Crippen LogP contribution in [0, 0.1) is 0 Å². The van der Waals surface area contributed by atoms with E-state index in [1.807, 2.05) is 6.92 Å². The molecule has 0 saturated heterocycles. The molecule has 0 heterocycles. The average molecular weight is 312 g/mol. The molecule has 1 amide bonds. The standard InChI is InChI=1S/C14H20N2O4S/c1-11(2)10-20-13-6-4-12(5-7-13)14(17)16-8-9-21(18,19)15-3/h4-7,15H,1,8-10H2,2-3H3,(H,16,17). The minimum absolute atomic E-state index is 0.0515. The van der Waals surface area contributed by atoms with Crippen molar-refractivity contribution in [3.8, 4) is 5.75 Å². The molecule has 21 heavy (non-hydrogen) atoms. The van der Waals surface area contributed by atoms with Gasteiger partial charge in [0.05, 0.1) is 5.75 Å². The fraction of sp³-hybridized carbons (Fsp3) is 0.357. The number of hydrogen-bond acceptors (Lipinski definition) is 4. The molecule has 1 rings (SSSR count). The van der Waals surface area contributed by atoms with E-state index in [1.165, 1.54) is 7.05 Å². The number of benzene rings is 1. The first-order chi connectivity index (χ1) is 9.84. The van der Waals surface area contributed by atoms with E-state index in [1.54, 1.807) is 24.3 Å². The van der Waals surface area contributed by atoms with E-state index >= 15 is 0 Å². The van der Waals surface area contributed by atoms with Gasteiger partial charge in [0.1, 0.15) is 12.4 Å². The fourth-order valence-electron chi connectivity index (χ4n) is 1.41. The summed E-state index contributed by atoms with van der Waals surface area (Å²) in [5, 5.41) is 2.55. The number of amides is 1. The predicted octanol–water partition coefficient (Wildman–Crippen LogP) is 0.920. The van der Waals surface area contributed by atoms with Crippen LogP contribution in [-0.4, -0.2) is 40.3 Å². The second kappa shape index (κ2) is 7.80. The van der Waals surface area contributed by atoms with Gasteiger partial charge in [-0.1, -0.05) is 6.58 Å². The quantitative estimate of drug-likeness (QED) is 0.699. The molecule has 0 saturated carbocycles. The fourth-order valence-corrected chi connectivity index (χ4v) is 1.99. The summed E-state index contributed by atoms with van der Waals surface area (Å²) in [6.45, 7) is 6.07. The molecule has 2 N–H and O–H groups in total. The van der Waals surface area contributed by atoms with Crippen LogP contribution in [0.4, 0.5) is 0 Å². The summed E-state index contributed by atoms with van der Waals surface area (Å²) in [4.78, 5) is 11.8. The monoisotopic (exact) mass is 312 g/mol. The summed E-state index contributed by atoms with van der Waals surface area (Å²) in [7, 11) is -1.98. The van der Waals surface area contributed by atoms with Crippen molar-refractivity contribution in [3.05, 3.63) is 42.0 Å². The number of carbonyl (C=O) groups excluding carboxylic acids is 1. The Morgan fingerprint density at radius 1 is 1.29 bits per heavy atom. The van der Waals surface area contributed by atoms with Gasteiger partial charge in [-0.2, -0.15) is 0 Å². The highest BCUT2D eigenvalue weighted by molar-refractivity contribution is 7.89. The van der Waals surface area contributed by atoms with E-state index in [0.717, 1.165) is 5.57 Å².